The van der Waals surface area contributed by atoms with E-state index in [1.807, 2.05) is 18.3 Å². The summed E-state index contributed by atoms with van der Waals surface area (Å²) >= 11 is 1.83. The van der Waals surface area contributed by atoms with E-state index in [9.17, 15) is 0 Å². The van der Waals surface area contributed by atoms with Gasteiger partial charge in [-0.05, 0) is 32.6 Å². The van der Waals surface area contributed by atoms with Gasteiger partial charge in [0, 0.05) is 16.8 Å². The fourth-order valence-corrected chi connectivity index (χ4v) is 3.63. The first kappa shape index (κ1) is 11.1. The van der Waals surface area contributed by atoms with Crippen molar-refractivity contribution in [1.82, 2.24) is 4.98 Å². The van der Waals surface area contributed by atoms with E-state index in [0.717, 1.165) is 11.6 Å². The lowest BCUT2D eigenvalue weighted by Crippen LogP contribution is -2.03. The molecule has 0 aromatic carbocycles. The Morgan fingerprint density at radius 1 is 1.47 bits per heavy atom. The van der Waals surface area contributed by atoms with E-state index < -0.39 is 0 Å². The predicted octanol–water partition coefficient (Wildman–Crippen LogP) is 3.37. The normalized spacial score (nSPS) is 28.3. The number of nitrogens with zero attached hydrogens (tertiary/aromatic N) is 1. The molecular weight excluding hydrogens is 204 g/mol. The summed E-state index contributed by atoms with van der Waals surface area (Å²) in [7, 11) is 0. The summed E-state index contributed by atoms with van der Waals surface area (Å²) in [4.78, 5) is 5.95. The van der Waals surface area contributed by atoms with Crippen LogP contribution in [0.4, 0.5) is 0 Å². The minimum Gasteiger partial charge on any atom is -0.323 e. The van der Waals surface area contributed by atoms with Crippen molar-refractivity contribution in [2.45, 2.75) is 52.0 Å². The summed E-state index contributed by atoms with van der Waals surface area (Å²) in [6.07, 6.45) is 3.98. The molecule has 1 aromatic rings. The topological polar surface area (TPSA) is 38.9 Å². The molecule has 84 valence electrons. The zero-order valence-corrected chi connectivity index (χ0v) is 10.6. The van der Waals surface area contributed by atoms with Crippen molar-refractivity contribution < 1.29 is 0 Å². The highest BCUT2D eigenvalue weighted by molar-refractivity contribution is 7.11. The summed E-state index contributed by atoms with van der Waals surface area (Å²) in [6.45, 7) is 6.46. The summed E-state index contributed by atoms with van der Waals surface area (Å²) in [5.41, 5.74) is 7.07. The van der Waals surface area contributed by atoms with E-state index in [1.165, 1.54) is 29.1 Å². The van der Waals surface area contributed by atoms with Gasteiger partial charge in [-0.15, -0.1) is 11.3 Å². The Kier molecular flexibility index (Phi) is 3.12. The van der Waals surface area contributed by atoms with Gasteiger partial charge in [-0.3, -0.25) is 0 Å². The maximum absolute atomic E-state index is 5.92. The molecule has 2 nitrogen and oxygen atoms in total. The Balaban J connectivity index is 2.19. The summed E-state index contributed by atoms with van der Waals surface area (Å²) in [6, 6.07) is 0.134. The molecule has 3 unspecified atom stereocenters. The molecule has 0 radical (unpaired) electrons. The number of aryl methyl sites for hydroxylation is 1. The van der Waals surface area contributed by atoms with Crippen LogP contribution in [0, 0.1) is 12.8 Å². The van der Waals surface area contributed by atoms with Gasteiger partial charge in [0.25, 0.3) is 0 Å². The van der Waals surface area contributed by atoms with Crippen molar-refractivity contribution in [3.05, 3.63) is 15.6 Å². The predicted molar refractivity (Wildman–Crippen MR) is 65.2 cm³/mol. The third-order valence-corrected chi connectivity index (χ3v) is 4.83. The summed E-state index contributed by atoms with van der Waals surface area (Å²) in [5.74, 6) is 1.58. The molecule has 0 saturated heterocycles. The molecule has 0 bridgehead atoms. The first-order valence-corrected chi connectivity index (χ1v) is 6.62. The van der Waals surface area contributed by atoms with Crippen molar-refractivity contribution in [2.75, 3.05) is 0 Å². The highest BCUT2D eigenvalue weighted by Crippen LogP contribution is 2.40. The van der Waals surface area contributed by atoms with Crippen LogP contribution in [-0.2, 0) is 0 Å². The number of rotatable bonds is 2. The monoisotopic (exact) mass is 224 g/mol. The maximum atomic E-state index is 5.92. The van der Waals surface area contributed by atoms with Gasteiger partial charge in [-0.25, -0.2) is 4.98 Å². The van der Waals surface area contributed by atoms with Crippen LogP contribution in [0.3, 0.4) is 0 Å². The molecule has 1 aliphatic rings. The van der Waals surface area contributed by atoms with Crippen LogP contribution in [0.5, 0.6) is 0 Å². The first-order chi connectivity index (χ1) is 7.08. The Labute approximate surface area is 95.9 Å². The van der Waals surface area contributed by atoms with Crippen molar-refractivity contribution in [2.24, 2.45) is 11.7 Å². The summed E-state index contributed by atoms with van der Waals surface area (Å²) in [5, 5.41) is 1.32. The van der Waals surface area contributed by atoms with Gasteiger partial charge in [-0.1, -0.05) is 13.3 Å². The second-order valence-electron chi connectivity index (χ2n) is 4.91. The summed E-state index contributed by atoms with van der Waals surface area (Å²) < 4.78 is 0. The molecule has 1 saturated carbocycles. The molecule has 1 heterocycles. The van der Waals surface area contributed by atoms with Gasteiger partial charge in [0.05, 0.1) is 10.7 Å². The molecule has 15 heavy (non-hydrogen) atoms. The molecule has 1 fully saturated rings. The van der Waals surface area contributed by atoms with Crippen molar-refractivity contribution in [3.8, 4) is 0 Å². The molecule has 3 atom stereocenters. The van der Waals surface area contributed by atoms with E-state index in [2.05, 4.69) is 18.8 Å². The van der Waals surface area contributed by atoms with Gasteiger partial charge in [0.15, 0.2) is 0 Å². The number of thiazole rings is 1. The Bertz CT molecular complexity index is 343. The van der Waals surface area contributed by atoms with Crippen LogP contribution in [0.1, 0.15) is 60.6 Å². The number of aromatic nitrogens is 1. The molecule has 2 rings (SSSR count). The average Bonchev–Trinajstić information content (AvgIpc) is 2.71. The smallest absolute Gasteiger partial charge is 0.0962 e. The fourth-order valence-electron chi connectivity index (χ4n) is 2.46. The quantitative estimate of drug-likeness (QED) is 0.836. The van der Waals surface area contributed by atoms with Crippen LogP contribution in [0.15, 0.2) is 0 Å². The van der Waals surface area contributed by atoms with Gasteiger partial charge < -0.3 is 5.73 Å². The van der Waals surface area contributed by atoms with Crippen LogP contribution in [0.2, 0.25) is 0 Å². The largest absolute Gasteiger partial charge is 0.323 e. The SMILES string of the molecule is Cc1nc(C2CCC(C)C2)sc1C(C)N. The molecule has 0 spiro atoms. The van der Waals surface area contributed by atoms with E-state index in [1.54, 1.807) is 0 Å². The minimum absolute atomic E-state index is 0.134. The van der Waals surface area contributed by atoms with E-state index in [-0.39, 0.29) is 6.04 Å². The molecular formula is C12H20N2S. The lowest BCUT2D eigenvalue weighted by Gasteiger charge is -2.04. The van der Waals surface area contributed by atoms with E-state index in [4.69, 9.17) is 5.73 Å². The lowest BCUT2D eigenvalue weighted by atomic mass is 10.1. The molecule has 1 aromatic heterocycles. The molecule has 2 N–H and O–H groups in total. The Hall–Kier alpha value is -0.410. The van der Waals surface area contributed by atoms with Gasteiger partial charge in [-0.2, -0.15) is 0 Å². The van der Waals surface area contributed by atoms with Crippen LogP contribution < -0.4 is 5.73 Å². The van der Waals surface area contributed by atoms with Gasteiger partial charge in [0.2, 0.25) is 0 Å². The lowest BCUT2D eigenvalue weighted by molar-refractivity contribution is 0.595. The van der Waals surface area contributed by atoms with Crippen molar-refractivity contribution in [1.29, 1.82) is 0 Å². The third-order valence-electron chi connectivity index (χ3n) is 3.31. The standard InChI is InChI=1S/C12H20N2S/c1-7-4-5-10(6-7)12-14-9(3)11(15-12)8(2)13/h7-8,10H,4-6,13H2,1-3H3. The number of nitrogens with two attached hydrogens (primary N) is 1. The van der Waals surface area contributed by atoms with E-state index in [0.29, 0.717) is 5.92 Å². The zero-order chi connectivity index (χ0) is 11.0. The van der Waals surface area contributed by atoms with Crippen molar-refractivity contribution in [3.63, 3.8) is 0 Å². The second kappa shape index (κ2) is 4.22. The minimum atomic E-state index is 0.134. The fraction of sp³-hybridized carbons (Fsp3) is 0.750. The maximum Gasteiger partial charge on any atom is 0.0962 e. The average molecular weight is 224 g/mol. The zero-order valence-electron chi connectivity index (χ0n) is 9.79. The first-order valence-electron chi connectivity index (χ1n) is 5.80. The Morgan fingerprint density at radius 2 is 2.20 bits per heavy atom. The van der Waals surface area contributed by atoms with Crippen molar-refractivity contribution >= 4 is 11.3 Å². The van der Waals surface area contributed by atoms with Crippen LogP contribution in [-0.4, -0.2) is 4.98 Å². The molecule has 0 aliphatic heterocycles. The molecule has 0 amide bonds. The molecule has 1 aliphatic carbocycles. The number of hydrogen-bond donors (Lipinski definition) is 1. The highest BCUT2D eigenvalue weighted by Gasteiger charge is 2.26. The van der Waals surface area contributed by atoms with E-state index >= 15 is 0 Å². The highest BCUT2D eigenvalue weighted by atomic mass is 32.1. The van der Waals surface area contributed by atoms with Gasteiger partial charge >= 0.3 is 0 Å². The number of hydrogen-bond acceptors (Lipinski definition) is 3. The molecule has 3 heteroatoms. The third kappa shape index (κ3) is 2.23. The van der Waals surface area contributed by atoms with Crippen LogP contribution >= 0.6 is 11.3 Å². The second-order valence-corrected chi connectivity index (χ2v) is 5.97. The Morgan fingerprint density at radius 3 is 2.67 bits per heavy atom. The van der Waals surface area contributed by atoms with Gasteiger partial charge in [0.1, 0.15) is 0 Å². The van der Waals surface area contributed by atoms with Crippen LogP contribution in [0.25, 0.3) is 0 Å².